The third kappa shape index (κ3) is 5.89. The minimum atomic E-state index is -0.291. The zero-order valence-electron chi connectivity index (χ0n) is 22.2. The molecule has 0 aliphatic heterocycles. The van der Waals surface area contributed by atoms with E-state index in [4.69, 9.17) is 11.6 Å². The van der Waals surface area contributed by atoms with E-state index in [0.717, 1.165) is 22.2 Å². The average molecular weight is 536 g/mol. The number of carbonyl (C=O) groups is 2. The van der Waals surface area contributed by atoms with Crippen LogP contribution in [0.3, 0.4) is 0 Å². The lowest BCUT2D eigenvalue weighted by Crippen LogP contribution is -2.17. The van der Waals surface area contributed by atoms with Gasteiger partial charge in [-0.15, -0.1) is 0 Å². The summed E-state index contributed by atoms with van der Waals surface area (Å²) in [5.74, 6) is -0.495. The fourth-order valence-electron chi connectivity index (χ4n) is 4.56. The first-order chi connectivity index (χ1) is 18.7. The van der Waals surface area contributed by atoms with Gasteiger partial charge in [0.2, 0.25) is 0 Å². The number of halogens is 1. The molecule has 4 aromatic carbocycles. The van der Waals surface area contributed by atoms with Crippen LogP contribution in [-0.2, 0) is 12.0 Å². The highest BCUT2D eigenvalue weighted by Crippen LogP contribution is 2.28. The highest BCUT2D eigenvalue weighted by molar-refractivity contribution is 6.34. The van der Waals surface area contributed by atoms with E-state index in [1.807, 2.05) is 59.2 Å². The number of amides is 2. The van der Waals surface area contributed by atoms with E-state index in [1.54, 1.807) is 24.3 Å². The second-order valence-corrected chi connectivity index (χ2v) is 11.0. The lowest BCUT2D eigenvalue weighted by Gasteiger charge is -2.19. The van der Waals surface area contributed by atoms with E-state index in [2.05, 4.69) is 55.7 Å². The summed E-state index contributed by atoms with van der Waals surface area (Å²) in [5.41, 5.74) is 5.57. The molecule has 2 amide bonds. The number of nitrogens with zero attached hydrogens (tertiary/aromatic N) is 1. The molecule has 0 spiro atoms. The van der Waals surface area contributed by atoms with Crippen LogP contribution in [0.2, 0.25) is 5.02 Å². The van der Waals surface area contributed by atoms with E-state index < -0.39 is 0 Å². The number of hydrogen-bond donors (Lipinski definition) is 2. The molecule has 1 heterocycles. The summed E-state index contributed by atoms with van der Waals surface area (Å²) in [5, 5.41) is 7.16. The van der Waals surface area contributed by atoms with E-state index in [1.165, 1.54) is 5.56 Å². The Morgan fingerprint density at radius 2 is 1.41 bits per heavy atom. The summed E-state index contributed by atoms with van der Waals surface area (Å²) < 4.78 is 2.01. The Morgan fingerprint density at radius 1 is 0.744 bits per heavy atom. The lowest BCUT2D eigenvalue weighted by molar-refractivity contribution is 0.101. The first-order valence-electron chi connectivity index (χ1n) is 12.8. The zero-order valence-corrected chi connectivity index (χ0v) is 22.9. The number of aromatic nitrogens is 1. The molecule has 196 valence electrons. The number of para-hydroxylation sites is 1. The highest BCUT2D eigenvalue weighted by Gasteiger charge is 2.19. The summed E-state index contributed by atoms with van der Waals surface area (Å²) in [6, 6.07) is 32.4. The van der Waals surface area contributed by atoms with Crippen molar-refractivity contribution < 1.29 is 9.59 Å². The Kier molecular flexibility index (Phi) is 7.27. The van der Waals surface area contributed by atoms with Crippen molar-refractivity contribution in [3.05, 3.63) is 131 Å². The SMILES string of the molecule is CC(C)(C)c1ccc(Cn2c(C(=O)Nc3ccccc3)cc3cc(NC(=O)c4ccccc4Cl)ccc32)cc1. The van der Waals surface area contributed by atoms with Gasteiger partial charge >= 0.3 is 0 Å². The predicted molar refractivity (Wildman–Crippen MR) is 160 cm³/mol. The maximum Gasteiger partial charge on any atom is 0.272 e. The van der Waals surface area contributed by atoms with Crippen LogP contribution in [0.15, 0.2) is 103 Å². The second-order valence-electron chi connectivity index (χ2n) is 10.6. The third-order valence-corrected chi connectivity index (χ3v) is 7.03. The molecule has 0 fully saturated rings. The van der Waals surface area contributed by atoms with Crippen molar-refractivity contribution in [1.82, 2.24) is 4.57 Å². The van der Waals surface area contributed by atoms with Gasteiger partial charge < -0.3 is 15.2 Å². The summed E-state index contributed by atoms with van der Waals surface area (Å²) in [6.45, 7) is 7.09. The zero-order chi connectivity index (χ0) is 27.6. The number of nitrogens with one attached hydrogen (secondary N) is 2. The molecule has 39 heavy (non-hydrogen) atoms. The largest absolute Gasteiger partial charge is 0.332 e. The number of fused-ring (bicyclic) bond motifs is 1. The normalized spacial score (nSPS) is 11.4. The van der Waals surface area contributed by atoms with E-state index in [0.29, 0.717) is 28.5 Å². The van der Waals surface area contributed by atoms with Crippen molar-refractivity contribution in [1.29, 1.82) is 0 Å². The lowest BCUT2D eigenvalue weighted by atomic mass is 9.87. The number of anilines is 2. The van der Waals surface area contributed by atoms with Crippen LogP contribution < -0.4 is 10.6 Å². The van der Waals surface area contributed by atoms with Gasteiger partial charge in [-0.25, -0.2) is 0 Å². The Bertz CT molecular complexity index is 1650. The van der Waals surface area contributed by atoms with Gasteiger partial charge in [0.15, 0.2) is 0 Å². The molecule has 0 radical (unpaired) electrons. The molecule has 5 rings (SSSR count). The maximum absolute atomic E-state index is 13.4. The van der Waals surface area contributed by atoms with Gasteiger partial charge in [0.05, 0.1) is 10.6 Å². The van der Waals surface area contributed by atoms with Gasteiger partial charge in [-0.3, -0.25) is 9.59 Å². The van der Waals surface area contributed by atoms with Gasteiger partial charge in [0.1, 0.15) is 5.69 Å². The van der Waals surface area contributed by atoms with Crippen molar-refractivity contribution in [3.8, 4) is 0 Å². The maximum atomic E-state index is 13.4. The van der Waals surface area contributed by atoms with Crippen LogP contribution in [0.5, 0.6) is 0 Å². The standard InChI is InChI=1S/C33H30ClN3O2/c1-33(2,3)24-15-13-22(14-16-24)21-37-29-18-17-26(36-31(38)27-11-7-8-12-28(27)34)19-23(29)20-30(37)32(39)35-25-9-5-4-6-10-25/h4-20H,21H2,1-3H3,(H,35,39)(H,36,38). The smallest absolute Gasteiger partial charge is 0.272 e. The number of rotatable bonds is 6. The fourth-order valence-corrected chi connectivity index (χ4v) is 4.78. The van der Waals surface area contributed by atoms with Crippen LogP contribution in [-0.4, -0.2) is 16.4 Å². The average Bonchev–Trinajstić information content (AvgIpc) is 3.27. The molecular weight excluding hydrogens is 506 g/mol. The summed E-state index contributed by atoms with van der Waals surface area (Å²) in [4.78, 5) is 26.3. The van der Waals surface area contributed by atoms with E-state index in [9.17, 15) is 9.59 Å². The molecule has 0 saturated heterocycles. The van der Waals surface area contributed by atoms with Crippen molar-refractivity contribution in [2.75, 3.05) is 10.6 Å². The number of carbonyl (C=O) groups excluding carboxylic acids is 2. The van der Waals surface area contributed by atoms with Crippen molar-refractivity contribution in [3.63, 3.8) is 0 Å². The fraction of sp³-hybridized carbons (Fsp3) is 0.152. The summed E-state index contributed by atoms with van der Waals surface area (Å²) in [6.07, 6.45) is 0. The second kappa shape index (κ2) is 10.8. The van der Waals surface area contributed by atoms with Crippen LogP contribution >= 0.6 is 11.6 Å². The third-order valence-electron chi connectivity index (χ3n) is 6.70. The molecule has 0 bridgehead atoms. The Labute approximate surface area is 233 Å². The molecular formula is C33H30ClN3O2. The first-order valence-corrected chi connectivity index (χ1v) is 13.2. The molecule has 5 nitrogen and oxygen atoms in total. The number of benzene rings is 4. The monoisotopic (exact) mass is 535 g/mol. The first kappa shape index (κ1) is 26.3. The molecule has 6 heteroatoms. The van der Waals surface area contributed by atoms with Crippen LogP contribution in [0.1, 0.15) is 52.7 Å². The molecule has 0 aliphatic rings. The van der Waals surface area contributed by atoms with Crippen LogP contribution in [0, 0.1) is 0 Å². The van der Waals surface area contributed by atoms with E-state index in [-0.39, 0.29) is 17.2 Å². The van der Waals surface area contributed by atoms with Crippen molar-refractivity contribution in [2.24, 2.45) is 0 Å². The molecule has 0 atom stereocenters. The van der Waals surface area contributed by atoms with Crippen molar-refractivity contribution >= 4 is 45.7 Å². The Morgan fingerprint density at radius 3 is 2.10 bits per heavy atom. The predicted octanol–water partition coefficient (Wildman–Crippen LogP) is 8.15. The van der Waals surface area contributed by atoms with Gasteiger partial charge in [0.25, 0.3) is 11.8 Å². The van der Waals surface area contributed by atoms with Crippen LogP contribution in [0.25, 0.3) is 10.9 Å². The minimum absolute atomic E-state index is 0.0597. The Balaban J connectivity index is 1.50. The molecule has 5 aromatic rings. The van der Waals surface area contributed by atoms with E-state index >= 15 is 0 Å². The summed E-state index contributed by atoms with van der Waals surface area (Å²) in [7, 11) is 0. The highest BCUT2D eigenvalue weighted by atomic mass is 35.5. The van der Waals surface area contributed by atoms with Crippen LogP contribution in [0.4, 0.5) is 11.4 Å². The van der Waals surface area contributed by atoms with Gasteiger partial charge in [-0.1, -0.05) is 87.0 Å². The quantitative estimate of drug-likeness (QED) is 0.230. The molecule has 0 saturated carbocycles. The minimum Gasteiger partial charge on any atom is -0.332 e. The molecule has 0 aliphatic carbocycles. The molecule has 1 aromatic heterocycles. The van der Waals surface area contributed by atoms with Gasteiger partial charge in [-0.05, 0) is 65.1 Å². The van der Waals surface area contributed by atoms with Gasteiger partial charge in [0, 0.05) is 28.8 Å². The molecule has 0 unspecified atom stereocenters. The molecule has 2 N–H and O–H groups in total. The number of hydrogen-bond acceptors (Lipinski definition) is 2. The summed E-state index contributed by atoms with van der Waals surface area (Å²) >= 11 is 6.21. The van der Waals surface area contributed by atoms with Gasteiger partial charge in [-0.2, -0.15) is 0 Å². The Hall–Kier alpha value is -4.35. The topological polar surface area (TPSA) is 63.1 Å². The van der Waals surface area contributed by atoms with Crippen molar-refractivity contribution in [2.45, 2.75) is 32.7 Å².